The molecule has 0 atom stereocenters. The van der Waals surface area contributed by atoms with E-state index in [0.29, 0.717) is 0 Å². The molecule has 0 spiro atoms. The fourth-order valence-corrected chi connectivity index (χ4v) is 1.09. The molecule has 70 valence electrons. The van der Waals surface area contributed by atoms with Crippen LogP contribution in [0.4, 0.5) is 5.69 Å². The van der Waals surface area contributed by atoms with Gasteiger partial charge in [-0.2, -0.15) is 0 Å². The molecule has 0 fully saturated rings. The molecule has 2 N–H and O–H groups in total. The first kappa shape index (κ1) is 9.58. The predicted octanol–water partition coefficient (Wildman–Crippen LogP) is 1.46. The monoisotopic (exact) mass is 179 g/mol. The van der Waals surface area contributed by atoms with Gasteiger partial charge in [-0.25, -0.2) is 0 Å². The molecule has 0 aromatic heterocycles. The predicted molar refractivity (Wildman–Crippen MR) is 51.9 cm³/mol. The van der Waals surface area contributed by atoms with E-state index < -0.39 is 0 Å². The molecule has 3 heteroatoms. The van der Waals surface area contributed by atoms with Crippen LogP contribution in [0.25, 0.3) is 0 Å². The maximum atomic E-state index is 10.1. The van der Waals surface area contributed by atoms with Crippen molar-refractivity contribution in [2.45, 2.75) is 13.8 Å². The number of carbonyl (C=O) groups excluding carboxylic acids is 1. The molecule has 0 aliphatic rings. The summed E-state index contributed by atoms with van der Waals surface area (Å²) in [6.45, 7) is 3.89. The lowest BCUT2D eigenvalue weighted by Crippen LogP contribution is -2.01. The van der Waals surface area contributed by atoms with E-state index in [1.165, 1.54) is 0 Å². The van der Waals surface area contributed by atoms with Crippen LogP contribution < -0.4 is 10.5 Å². The number of aldehydes is 1. The number of carbonyl (C=O) groups is 1. The number of anilines is 1. The van der Waals surface area contributed by atoms with Crippen LogP contribution in [0.2, 0.25) is 0 Å². The molecule has 0 saturated heterocycles. The van der Waals surface area contributed by atoms with Gasteiger partial charge in [-0.05, 0) is 37.1 Å². The maximum absolute atomic E-state index is 10.1. The van der Waals surface area contributed by atoms with E-state index >= 15 is 0 Å². The lowest BCUT2D eigenvalue weighted by molar-refractivity contribution is -0.109. The van der Waals surface area contributed by atoms with Crippen LogP contribution in [0.1, 0.15) is 11.1 Å². The summed E-state index contributed by atoms with van der Waals surface area (Å²) >= 11 is 0. The maximum Gasteiger partial charge on any atom is 0.157 e. The summed E-state index contributed by atoms with van der Waals surface area (Å²) in [4.78, 5) is 10.1. The molecule has 13 heavy (non-hydrogen) atoms. The Balaban J connectivity index is 2.94. The number of nitrogens with two attached hydrogens (primary N) is 1. The van der Waals surface area contributed by atoms with E-state index in [1.54, 1.807) is 0 Å². The van der Waals surface area contributed by atoms with Gasteiger partial charge in [0.15, 0.2) is 6.29 Å². The van der Waals surface area contributed by atoms with Gasteiger partial charge in [0.1, 0.15) is 12.4 Å². The molecule has 0 radical (unpaired) electrons. The Hall–Kier alpha value is -1.51. The molecule has 0 unspecified atom stereocenters. The van der Waals surface area contributed by atoms with Crippen molar-refractivity contribution in [3.63, 3.8) is 0 Å². The summed E-state index contributed by atoms with van der Waals surface area (Å²) < 4.78 is 5.20. The lowest BCUT2D eigenvalue weighted by atomic mass is 10.1. The second-order valence-electron chi connectivity index (χ2n) is 2.95. The molecule has 0 aliphatic carbocycles. The van der Waals surface area contributed by atoms with E-state index in [2.05, 4.69) is 0 Å². The summed E-state index contributed by atoms with van der Waals surface area (Å²) in [5.41, 5.74) is 8.35. The first-order valence-electron chi connectivity index (χ1n) is 4.08. The van der Waals surface area contributed by atoms with Gasteiger partial charge in [0.25, 0.3) is 0 Å². The number of ether oxygens (including phenoxy) is 1. The van der Waals surface area contributed by atoms with Crippen LogP contribution in [0, 0.1) is 13.8 Å². The van der Waals surface area contributed by atoms with Crippen LogP contribution in [0.15, 0.2) is 12.1 Å². The molecule has 0 amide bonds. The van der Waals surface area contributed by atoms with E-state index in [-0.39, 0.29) is 6.61 Å². The Morgan fingerprint density at radius 3 is 2.69 bits per heavy atom. The number of rotatable bonds is 3. The molecule has 0 heterocycles. The molecular formula is C10H13NO2. The van der Waals surface area contributed by atoms with Crippen molar-refractivity contribution >= 4 is 12.0 Å². The number of aryl methyl sites for hydroxylation is 2. The van der Waals surface area contributed by atoms with Crippen LogP contribution in [-0.4, -0.2) is 12.9 Å². The molecule has 0 bridgehead atoms. The van der Waals surface area contributed by atoms with Gasteiger partial charge in [-0.15, -0.1) is 0 Å². The number of benzene rings is 1. The Morgan fingerprint density at radius 1 is 1.38 bits per heavy atom. The highest BCUT2D eigenvalue weighted by Gasteiger charge is 2.02. The second-order valence-corrected chi connectivity index (χ2v) is 2.95. The molecular weight excluding hydrogens is 166 g/mol. The first-order chi connectivity index (χ1) is 6.15. The van der Waals surface area contributed by atoms with Crippen molar-refractivity contribution in [2.24, 2.45) is 0 Å². The summed E-state index contributed by atoms with van der Waals surface area (Å²) in [6.07, 6.45) is 0.727. The van der Waals surface area contributed by atoms with E-state index in [9.17, 15) is 4.79 Å². The molecule has 0 saturated carbocycles. The Morgan fingerprint density at radius 2 is 2.08 bits per heavy atom. The fourth-order valence-electron chi connectivity index (χ4n) is 1.09. The van der Waals surface area contributed by atoms with Crippen molar-refractivity contribution < 1.29 is 9.53 Å². The Labute approximate surface area is 77.5 Å². The normalized spacial score (nSPS) is 9.69. The van der Waals surface area contributed by atoms with Gasteiger partial charge in [0.05, 0.1) is 0 Å². The van der Waals surface area contributed by atoms with Gasteiger partial charge in [-0.1, -0.05) is 0 Å². The van der Waals surface area contributed by atoms with Crippen molar-refractivity contribution in [3.8, 4) is 5.75 Å². The quantitative estimate of drug-likeness (QED) is 0.564. The summed E-state index contributed by atoms with van der Waals surface area (Å²) in [5, 5.41) is 0. The fraction of sp³-hybridized carbons (Fsp3) is 0.300. The summed E-state index contributed by atoms with van der Waals surface area (Å²) in [7, 11) is 0. The molecule has 0 aliphatic heterocycles. The molecule has 1 aromatic carbocycles. The zero-order valence-electron chi connectivity index (χ0n) is 7.83. The molecule has 1 rings (SSSR count). The highest BCUT2D eigenvalue weighted by atomic mass is 16.5. The van der Waals surface area contributed by atoms with Crippen molar-refractivity contribution in [3.05, 3.63) is 23.3 Å². The van der Waals surface area contributed by atoms with E-state index in [0.717, 1.165) is 28.8 Å². The van der Waals surface area contributed by atoms with Crippen LogP contribution in [0.3, 0.4) is 0 Å². The van der Waals surface area contributed by atoms with Crippen LogP contribution in [0.5, 0.6) is 5.75 Å². The molecule has 3 nitrogen and oxygen atoms in total. The largest absolute Gasteiger partial charge is 0.486 e. The topological polar surface area (TPSA) is 52.3 Å². The van der Waals surface area contributed by atoms with Gasteiger partial charge in [0.2, 0.25) is 0 Å². The second kappa shape index (κ2) is 3.94. The van der Waals surface area contributed by atoms with Crippen LogP contribution in [-0.2, 0) is 4.79 Å². The number of nitrogen functional groups attached to an aromatic ring is 1. The van der Waals surface area contributed by atoms with Gasteiger partial charge >= 0.3 is 0 Å². The minimum absolute atomic E-state index is 0.0875. The SMILES string of the molecule is Cc1cc(OCC=O)c(C)cc1N. The standard InChI is InChI=1S/C10H13NO2/c1-7-6-10(13-4-3-12)8(2)5-9(7)11/h3,5-6H,4,11H2,1-2H3. The van der Waals surface area contributed by atoms with Gasteiger partial charge in [-0.3, -0.25) is 4.79 Å². The van der Waals surface area contributed by atoms with Crippen molar-refractivity contribution in [1.82, 2.24) is 0 Å². The third-order valence-corrected chi connectivity index (χ3v) is 1.87. The highest BCUT2D eigenvalue weighted by Crippen LogP contribution is 2.23. The smallest absolute Gasteiger partial charge is 0.157 e. The average Bonchev–Trinajstić information content (AvgIpc) is 2.09. The minimum atomic E-state index is 0.0875. The van der Waals surface area contributed by atoms with Gasteiger partial charge < -0.3 is 10.5 Å². The van der Waals surface area contributed by atoms with E-state index in [4.69, 9.17) is 10.5 Å². The van der Waals surface area contributed by atoms with Crippen molar-refractivity contribution in [2.75, 3.05) is 12.3 Å². The first-order valence-corrected chi connectivity index (χ1v) is 4.08. The van der Waals surface area contributed by atoms with Crippen LogP contribution >= 0.6 is 0 Å². The molecule has 1 aromatic rings. The third kappa shape index (κ3) is 2.21. The summed E-state index contributed by atoms with van der Waals surface area (Å²) in [5.74, 6) is 0.721. The zero-order chi connectivity index (χ0) is 9.84. The van der Waals surface area contributed by atoms with E-state index in [1.807, 2.05) is 26.0 Å². The minimum Gasteiger partial charge on any atom is -0.486 e. The Kier molecular flexibility index (Phi) is 2.90. The van der Waals surface area contributed by atoms with Crippen molar-refractivity contribution in [1.29, 1.82) is 0 Å². The zero-order valence-corrected chi connectivity index (χ0v) is 7.83. The van der Waals surface area contributed by atoms with Gasteiger partial charge in [0, 0.05) is 5.69 Å². The third-order valence-electron chi connectivity index (χ3n) is 1.87. The highest BCUT2D eigenvalue weighted by molar-refractivity contribution is 5.55. The lowest BCUT2D eigenvalue weighted by Gasteiger charge is -2.09. The average molecular weight is 179 g/mol. The Bertz CT molecular complexity index is 321. The number of hydrogen-bond donors (Lipinski definition) is 1. The summed E-state index contributed by atoms with van der Waals surface area (Å²) in [6, 6.07) is 3.68. The number of hydrogen-bond acceptors (Lipinski definition) is 3.